The molecular weight excluding hydrogens is 452 g/mol. The molecule has 6 rings (SSSR count). The van der Waals surface area contributed by atoms with Gasteiger partial charge in [-0.2, -0.15) is 0 Å². The molecule has 0 aromatic rings. The molecule has 31 heavy (non-hydrogen) atoms. The Kier molecular flexibility index (Phi) is 5.07. The second kappa shape index (κ2) is 7.18. The zero-order valence-corrected chi connectivity index (χ0v) is 21.6. The van der Waals surface area contributed by atoms with Crippen molar-refractivity contribution >= 4 is 15.9 Å². The van der Waals surface area contributed by atoms with Crippen LogP contribution in [-0.2, 0) is 9.47 Å². The van der Waals surface area contributed by atoms with Gasteiger partial charge in [0.05, 0.1) is 18.8 Å². The van der Waals surface area contributed by atoms with Crippen LogP contribution in [0.1, 0.15) is 85.5 Å². The Morgan fingerprint density at radius 3 is 2.48 bits per heavy atom. The van der Waals surface area contributed by atoms with Gasteiger partial charge in [0, 0.05) is 17.2 Å². The van der Waals surface area contributed by atoms with E-state index >= 15 is 0 Å². The van der Waals surface area contributed by atoms with E-state index < -0.39 is 0 Å². The summed E-state index contributed by atoms with van der Waals surface area (Å²) < 4.78 is 13.5. The molecule has 2 saturated heterocycles. The number of hydrogen-bond donors (Lipinski definition) is 1. The van der Waals surface area contributed by atoms with Gasteiger partial charge >= 0.3 is 0 Å². The summed E-state index contributed by atoms with van der Waals surface area (Å²) in [6, 6.07) is 0. The van der Waals surface area contributed by atoms with Gasteiger partial charge in [0.15, 0.2) is 5.79 Å². The topological polar surface area (TPSA) is 38.7 Å². The predicted molar refractivity (Wildman–Crippen MR) is 126 cm³/mol. The van der Waals surface area contributed by atoms with E-state index in [-0.39, 0.29) is 11.9 Å². The highest BCUT2D eigenvalue weighted by molar-refractivity contribution is 9.09. The van der Waals surface area contributed by atoms with Crippen molar-refractivity contribution in [3.8, 4) is 0 Å². The predicted octanol–water partition coefficient (Wildman–Crippen LogP) is 6.17. The van der Waals surface area contributed by atoms with E-state index in [9.17, 15) is 5.11 Å². The molecule has 6 aliphatic rings. The van der Waals surface area contributed by atoms with Crippen molar-refractivity contribution in [3.05, 3.63) is 0 Å². The highest BCUT2D eigenvalue weighted by Gasteiger charge is 2.69. The molecule has 0 aromatic carbocycles. The van der Waals surface area contributed by atoms with Gasteiger partial charge < -0.3 is 14.6 Å². The smallest absolute Gasteiger partial charge is 0.172 e. The lowest BCUT2D eigenvalue weighted by Gasteiger charge is -2.61. The van der Waals surface area contributed by atoms with Crippen molar-refractivity contribution in [2.75, 3.05) is 6.61 Å². The normalized spacial score (nSPS) is 63.3. The first kappa shape index (κ1) is 21.9. The van der Waals surface area contributed by atoms with Gasteiger partial charge in [-0.1, -0.05) is 43.6 Å². The van der Waals surface area contributed by atoms with Crippen LogP contribution in [0.2, 0.25) is 0 Å². The van der Waals surface area contributed by atoms with Crippen molar-refractivity contribution in [2.45, 2.75) is 108 Å². The minimum atomic E-state index is -0.357. The molecule has 13 atom stereocenters. The molecule has 2 heterocycles. The second-order valence-corrected chi connectivity index (χ2v) is 14.3. The maximum Gasteiger partial charge on any atom is 0.172 e. The van der Waals surface area contributed by atoms with Crippen molar-refractivity contribution in [1.82, 2.24) is 0 Å². The fraction of sp³-hybridized carbons (Fsp3) is 1.00. The third-order valence-corrected chi connectivity index (χ3v) is 13.2. The minimum absolute atomic E-state index is 0.0452. The largest absolute Gasteiger partial charge is 0.393 e. The van der Waals surface area contributed by atoms with E-state index in [1.54, 1.807) is 0 Å². The molecule has 0 bridgehead atoms. The first-order chi connectivity index (χ1) is 14.7. The lowest BCUT2D eigenvalue weighted by Crippen LogP contribution is -2.55. The molecule has 176 valence electrons. The molecule has 4 aliphatic carbocycles. The van der Waals surface area contributed by atoms with Crippen LogP contribution < -0.4 is 0 Å². The lowest BCUT2D eigenvalue weighted by molar-refractivity contribution is -0.271. The summed E-state index contributed by atoms with van der Waals surface area (Å²) in [6.07, 6.45) is 11.4. The summed E-state index contributed by atoms with van der Waals surface area (Å²) in [7, 11) is 0. The maximum absolute atomic E-state index is 10.3. The average Bonchev–Trinajstić information content (AvgIpc) is 3.16. The molecule has 1 spiro atoms. The molecule has 3 nitrogen and oxygen atoms in total. The SMILES string of the molecule is C[C@@H]1CO[C@]2(CC1Br)O[C@H]1CC3C4CC[C@@H]5C[C@@H](O)CC[C@]5(C)C4CC[C@]3(C)[C@H]1[C@@H]2C. The molecule has 2 aliphatic heterocycles. The van der Waals surface area contributed by atoms with Crippen molar-refractivity contribution < 1.29 is 14.6 Å². The fourth-order valence-electron chi connectivity index (χ4n) is 10.2. The zero-order valence-electron chi connectivity index (χ0n) is 20.0. The number of aliphatic hydroxyl groups excluding tert-OH is 1. The lowest BCUT2D eigenvalue weighted by atomic mass is 9.44. The molecule has 0 aromatic heterocycles. The summed E-state index contributed by atoms with van der Waals surface area (Å²) >= 11 is 3.94. The molecular formula is C27H43BrO3. The Bertz CT molecular complexity index is 729. The molecule has 4 heteroatoms. The molecule has 6 fully saturated rings. The number of alkyl halides is 1. The Balaban J connectivity index is 1.26. The highest BCUT2D eigenvalue weighted by Crippen LogP contribution is 2.71. The molecule has 0 amide bonds. The van der Waals surface area contributed by atoms with E-state index in [0.717, 1.165) is 49.5 Å². The standard InChI is InChI=1S/C27H43BrO3/c1-15-14-30-27(13-22(15)28)16(2)24-23(31-27)12-21-19-6-5-17-11-18(29)7-9-25(17,3)20(19)8-10-26(21,24)4/h15-24,29H,5-14H2,1-4H3/t15-,16+,17-,18+,19?,20?,21?,22?,23+,24+,25+,26+,27-/m1/s1. The van der Waals surface area contributed by atoms with E-state index in [1.165, 1.54) is 38.5 Å². The van der Waals surface area contributed by atoms with Gasteiger partial charge in [-0.3, -0.25) is 0 Å². The Morgan fingerprint density at radius 1 is 0.935 bits per heavy atom. The number of hydrogen-bond acceptors (Lipinski definition) is 3. The van der Waals surface area contributed by atoms with Gasteiger partial charge in [-0.05, 0) is 97.7 Å². The van der Waals surface area contributed by atoms with Gasteiger partial charge in [0.2, 0.25) is 0 Å². The first-order valence-corrected chi connectivity index (χ1v) is 14.2. The van der Waals surface area contributed by atoms with Crippen LogP contribution in [0.15, 0.2) is 0 Å². The number of rotatable bonds is 0. The monoisotopic (exact) mass is 494 g/mol. The van der Waals surface area contributed by atoms with Crippen LogP contribution in [0.25, 0.3) is 0 Å². The zero-order chi connectivity index (χ0) is 21.8. The van der Waals surface area contributed by atoms with Crippen molar-refractivity contribution in [1.29, 1.82) is 0 Å². The Hall–Kier alpha value is 0.360. The molecule has 1 N–H and O–H groups in total. The highest BCUT2D eigenvalue weighted by atomic mass is 79.9. The third kappa shape index (κ3) is 2.93. The Morgan fingerprint density at radius 2 is 1.71 bits per heavy atom. The average molecular weight is 496 g/mol. The van der Waals surface area contributed by atoms with Gasteiger partial charge in [0.25, 0.3) is 0 Å². The van der Waals surface area contributed by atoms with E-state index in [0.29, 0.717) is 39.5 Å². The summed E-state index contributed by atoms with van der Waals surface area (Å²) in [5.41, 5.74) is 0.862. The van der Waals surface area contributed by atoms with Crippen LogP contribution >= 0.6 is 15.9 Å². The number of ether oxygens (including phenoxy) is 2. The van der Waals surface area contributed by atoms with Crippen LogP contribution in [0.4, 0.5) is 0 Å². The fourth-order valence-corrected chi connectivity index (χ4v) is 10.8. The van der Waals surface area contributed by atoms with Crippen molar-refractivity contribution in [3.63, 3.8) is 0 Å². The first-order valence-electron chi connectivity index (χ1n) is 13.3. The van der Waals surface area contributed by atoms with E-state index in [4.69, 9.17) is 9.47 Å². The van der Waals surface area contributed by atoms with Gasteiger partial charge in [0.1, 0.15) is 0 Å². The number of aliphatic hydroxyl groups is 1. The molecule has 4 saturated carbocycles. The maximum atomic E-state index is 10.3. The minimum Gasteiger partial charge on any atom is -0.393 e. The number of halogens is 1. The van der Waals surface area contributed by atoms with Crippen LogP contribution in [0, 0.1) is 52.3 Å². The van der Waals surface area contributed by atoms with Crippen LogP contribution in [-0.4, -0.2) is 34.5 Å². The second-order valence-electron chi connectivity index (χ2n) is 13.2. The summed E-state index contributed by atoms with van der Waals surface area (Å²) in [5, 5.41) is 10.3. The van der Waals surface area contributed by atoms with Gasteiger partial charge in [-0.25, -0.2) is 0 Å². The third-order valence-electron chi connectivity index (χ3n) is 12.0. The van der Waals surface area contributed by atoms with Crippen LogP contribution in [0.3, 0.4) is 0 Å². The van der Waals surface area contributed by atoms with Crippen LogP contribution in [0.5, 0.6) is 0 Å². The van der Waals surface area contributed by atoms with Crippen molar-refractivity contribution in [2.24, 2.45) is 52.3 Å². The molecule has 0 radical (unpaired) electrons. The summed E-state index contributed by atoms with van der Waals surface area (Å²) in [5.74, 6) is 4.61. The number of fused-ring (bicyclic) bond motifs is 7. The van der Waals surface area contributed by atoms with Gasteiger partial charge in [-0.15, -0.1) is 0 Å². The van der Waals surface area contributed by atoms with E-state index in [2.05, 4.69) is 43.6 Å². The molecule has 4 unspecified atom stereocenters. The van der Waals surface area contributed by atoms with E-state index in [1.807, 2.05) is 0 Å². The summed E-state index contributed by atoms with van der Waals surface area (Å²) in [6.45, 7) is 10.8. The summed E-state index contributed by atoms with van der Waals surface area (Å²) in [4.78, 5) is 0.499. The Labute approximate surface area is 197 Å². The quantitative estimate of drug-likeness (QED) is 0.409.